The molecule has 1 amide bonds. The summed E-state index contributed by atoms with van der Waals surface area (Å²) >= 11 is 0. The quantitative estimate of drug-likeness (QED) is 0.793. The molecule has 2 rings (SSSR count). The van der Waals surface area contributed by atoms with Gasteiger partial charge >= 0.3 is 5.97 Å². The largest absolute Gasteiger partial charge is 0.480 e. The second-order valence-corrected chi connectivity index (χ2v) is 5.09. The van der Waals surface area contributed by atoms with Crippen molar-refractivity contribution in [3.05, 3.63) is 53.7 Å². The molecule has 0 spiro atoms. The van der Waals surface area contributed by atoms with E-state index in [0.717, 1.165) is 5.56 Å². The molecule has 2 N–H and O–H groups in total. The van der Waals surface area contributed by atoms with Crippen molar-refractivity contribution in [2.24, 2.45) is 0 Å². The zero-order chi connectivity index (χ0) is 16.1. The summed E-state index contributed by atoms with van der Waals surface area (Å²) in [6, 6.07) is 6.31. The highest BCUT2D eigenvalue weighted by atomic mass is 16.4. The molecule has 0 saturated heterocycles. The van der Waals surface area contributed by atoms with Gasteiger partial charge in [0.05, 0.1) is 0 Å². The number of carboxylic acid groups (broad SMARTS) is 1. The predicted octanol–water partition coefficient (Wildman–Crippen LogP) is 1.52. The Hall–Kier alpha value is -2.63. The number of carboxylic acids is 1. The van der Waals surface area contributed by atoms with Crippen molar-refractivity contribution in [2.45, 2.75) is 32.9 Å². The van der Waals surface area contributed by atoms with Crippen LogP contribution in [0, 0.1) is 6.92 Å². The summed E-state index contributed by atoms with van der Waals surface area (Å²) in [6.07, 6.45) is 4.16. The lowest BCUT2D eigenvalue weighted by molar-refractivity contribution is -0.690. The van der Waals surface area contributed by atoms with Crippen LogP contribution in [0.4, 0.5) is 0 Å². The predicted molar refractivity (Wildman–Crippen MR) is 78.4 cm³/mol. The molecular weight excluding hydrogens is 284 g/mol. The number of furan rings is 1. The second kappa shape index (κ2) is 6.89. The van der Waals surface area contributed by atoms with Gasteiger partial charge in [0, 0.05) is 12.1 Å². The van der Waals surface area contributed by atoms with Crippen LogP contribution >= 0.6 is 0 Å². The summed E-state index contributed by atoms with van der Waals surface area (Å²) in [6.45, 7) is 4.20. The first-order valence-electron chi connectivity index (χ1n) is 7.07. The van der Waals surface area contributed by atoms with Crippen molar-refractivity contribution in [1.29, 1.82) is 0 Å². The van der Waals surface area contributed by atoms with E-state index in [9.17, 15) is 9.59 Å². The highest BCUT2D eigenvalue weighted by Gasteiger charge is 2.21. The monoisotopic (exact) mass is 303 g/mol. The van der Waals surface area contributed by atoms with Crippen LogP contribution in [-0.4, -0.2) is 23.0 Å². The fraction of sp³-hybridized carbons (Fsp3) is 0.312. The van der Waals surface area contributed by atoms with Gasteiger partial charge in [0.1, 0.15) is 6.04 Å². The fourth-order valence-electron chi connectivity index (χ4n) is 1.97. The minimum absolute atomic E-state index is 0.113. The number of hydrogen-bond donors (Lipinski definition) is 2. The van der Waals surface area contributed by atoms with Crippen molar-refractivity contribution >= 4 is 11.9 Å². The Balaban J connectivity index is 2.02. The average molecular weight is 303 g/mol. The van der Waals surface area contributed by atoms with Crippen LogP contribution in [-0.2, 0) is 11.3 Å². The van der Waals surface area contributed by atoms with Crippen molar-refractivity contribution in [1.82, 2.24) is 5.32 Å². The van der Waals surface area contributed by atoms with Crippen LogP contribution in [0.15, 0.2) is 41.1 Å². The maximum Gasteiger partial charge on any atom is 0.326 e. The molecule has 0 aliphatic heterocycles. The van der Waals surface area contributed by atoms with Gasteiger partial charge in [0.2, 0.25) is 6.54 Å². The van der Waals surface area contributed by atoms with Gasteiger partial charge in [-0.15, -0.1) is 0 Å². The lowest BCUT2D eigenvalue weighted by atomic mass is 10.2. The van der Waals surface area contributed by atoms with Crippen molar-refractivity contribution in [2.75, 3.05) is 0 Å². The highest BCUT2D eigenvalue weighted by molar-refractivity contribution is 5.94. The smallest absolute Gasteiger partial charge is 0.326 e. The molecule has 0 radical (unpaired) electrons. The first-order valence-corrected chi connectivity index (χ1v) is 7.07. The zero-order valence-corrected chi connectivity index (χ0v) is 12.6. The number of aryl methyl sites for hydroxylation is 1. The Bertz CT molecular complexity index is 661. The Kier molecular flexibility index (Phi) is 4.93. The van der Waals surface area contributed by atoms with Crippen molar-refractivity contribution < 1.29 is 23.7 Å². The summed E-state index contributed by atoms with van der Waals surface area (Å²) in [5.41, 5.74) is 1.16. The van der Waals surface area contributed by atoms with E-state index in [-0.39, 0.29) is 5.76 Å². The van der Waals surface area contributed by atoms with Crippen LogP contribution < -0.4 is 9.88 Å². The van der Waals surface area contributed by atoms with E-state index in [1.807, 2.05) is 36.0 Å². The summed E-state index contributed by atoms with van der Waals surface area (Å²) in [4.78, 5) is 22.9. The molecule has 2 aromatic heterocycles. The standard InChI is InChI=1S/C16H18N2O4/c1-3-13(16(20)21)17-15(19)14-5-4-12(22-14)10-18-8-6-11(2)7-9-18/h4-9,13H,3,10H2,1-2H3,(H-,17,19,20,21)/p+1. The maximum atomic E-state index is 12.0. The fourth-order valence-corrected chi connectivity index (χ4v) is 1.97. The molecule has 0 aliphatic carbocycles. The molecule has 2 aromatic rings. The van der Waals surface area contributed by atoms with Gasteiger partial charge in [-0.1, -0.05) is 6.92 Å². The number of aliphatic carboxylic acids is 1. The number of nitrogens with one attached hydrogen (secondary N) is 1. The lowest BCUT2D eigenvalue weighted by Crippen LogP contribution is -2.40. The third kappa shape index (κ3) is 3.94. The summed E-state index contributed by atoms with van der Waals surface area (Å²) in [7, 11) is 0. The molecule has 1 unspecified atom stereocenters. The van der Waals surface area contributed by atoms with Gasteiger partial charge in [-0.2, -0.15) is 4.57 Å². The summed E-state index contributed by atoms with van der Waals surface area (Å²) < 4.78 is 7.41. The minimum atomic E-state index is -1.06. The number of hydrogen-bond acceptors (Lipinski definition) is 3. The summed E-state index contributed by atoms with van der Waals surface area (Å²) in [5.74, 6) is -0.836. The van der Waals surface area contributed by atoms with Crippen LogP contribution in [0.25, 0.3) is 0 Å². The summed E-state index contributed by atoms with van der Waals surface area (Å²) in [5, 5.41) is 11.4. The van der Waals surface area contributed by atoms with E-state index in [1.165, 1.54) is 0 Å². The van der Waals surface area contributed by atoms with Crippen LogP contribution in [0.1, 0.15) is 35.2 Å². The number of nitrogens with zero attached hydrogens (tertiary/aromatic N) is 1. The molecule has 1 atom stereocenters. The molecule has 22 heavy (non-hydrogen) atoms. The van der Waals surface area contributed by atoms with Gasteiger partial charge < -0.3 is 14.8 Å². The van der Waals surface area contributed by atoms with Gasteiger partial charge in [-0.05, 0) is 31.0 Å². The number of amides is 1. The molecule has 0 aliphatic rings. The molecule has 6 nitrogen and oxygen atoms in total. The third-order valence-corrected chi connectivity index (χ3v) is 3.29. The number of carbonyl (C=O) groups is 2. The Labute approximate surface area is 128 Å². The Morgan fingerprint density at radius 3 is 2.55 bits per heavy atom. The van der Waals surface area contributed by atoms with E-state index in [1.54, 1.807) is 19.1 Å². The molecular formula is C16H19N2O4+. The molecule has 0 aromatic carbocycles. The second-order valence-electron chi connectivity index (χ2n) is 5.09. The first-order chi connectivity index (χ1) is 10.5. The van der Waals surface area contributed by atoms with Crippen LogP contribution in [0.2, 0.25) is 0 Å². The normalized spacial score (nSPS) is 11.9. The molecule has 0 fully saturated rings. The molecule has 116 valence electrons. The molecule has 0 bridgehead atoms. The highest BCUT2D eigenvalue weighted by Crippen LogP contribution is 2.08. The van der Waals surface area contributed by atoms with Gasteiger partial charge in [-0.3, -0.25) is 4.79 Å². The maximum absolute atomic E-state index is 12.0. The third-order valence-electron chi connectivity index (χ3n) is 3.29. The first kappa shape index (κ1) is 15.8. The molecule has 2 heterocycles. The molecule has 6 heteroatoms. The van der Waals surface area contributed by atoms with Crippen molar-refractivity contribution in [3.8, 4) is 0 Å². The van der Waals surface area contributed by atoms with Gasteiger partial charge in [0.15, 0.2) is 23.9 Å². The Morgan fingerprint density at radius 1 is 1.27 bits per heavy atom. The van der Waals surface area contributed by atoms with Crippen LogP contribution in [0.3, 0.4) is 0 Å². The number of carbonyl (C=O) groups excluding carboxylic acids is 1. The number of rotatable bonds is 6. The zero-order valence-electron chi connectivity index (χ0n) is 12.6. The number of aromatic nitrogens is 1. The van der Waals surface area contributed by atoms with Crippen LogP contribution in [0.5, 0.6) is 0 Å². The Morgan fingerprint density at radius 2 is 1.95 bits per heavy atom. The van der Waals surface area contributed by atoms with E-state index >= 15 is 0 Å². The molecule has 0 saturated carbocycles. The van der Waals surface area contributed by atoms with Gasteiger partial charge in [0.25, 0.3) is 5.91 Å². The SMILES string of the molecule is CCC(NC(=O)c1ccc(C[n+]2ccc(C)cc2)o1)C(=O)O. The van der Waals surface area contributed by atoms with E-state index in [0.29, 0.717) is 18.7 Å². The van der Waals surface area contributed by atoms with E-state index in [2.05, 4.69) is 5.32 Å². The van der Waals surface area contributed by atoms with E-state index in [4.69, 9.17) is 9.52 Å². The van der Waals surface area contributed by atoms with Gasteiger partial charge in [-0.25, -0.2) is 4.79 Å². The number of pyridine rings is 1. The van der Waals surface area contributed by atoms with Crippen molar-refractivity contribution in [3.63, 3.8) is 0 Å². The van der Waals surface area contributed by atoms with E-state index < -0.39 is 17.9 Å². The lowest BCUT2D eigenvalue weighted by Gasteiger charge is -2.10. The minimum Gasteiger partial charge on any atom is -0.480 e. The average Bonchev–Trinajstić information content (AvgIpc) is 2.95. The topological polar surface area (TPSA) is 83.4 Å².